The minimum Gasteiger partial charge on any atom is -0.467 e. The molecule has 1 atom stereocenters. The molecule has 124 valence electrons. The zero-order chi connectivity index (χ0) is 16.1. The van der Waals surface area contributed by atoms with Crippen LogP contribution in [0.4, 0.5) is 0 Å². The van der Waals surface area contributed by atoms with Crippen LogP contribution in [0.25, 0.3) is 0 Å². The van der Waals surface area contributed by atoms with Gasteiger partial charge in [-0.05, 0) is 31.4 Å². The highest BCUT2D eigenvalue weighted by atomic mass is 16.5. The van der Waals surface area contributed by atoms with E-state index >= 15 is 0 Å². The predicted molar refractivity (Wildman–Crippen MR) is 82.9 cm³/mol. The molecule has 1 unspecified atom stereocenters. The first-order chi connectivity index (χ1) is 11.3. The van der Waals surface area contributed by atoms with Gasteiger partial charge in [-0.25, -0.2) is 0 Å². The van der Waals surface area contributed by atoms with Crippen molar-refractivity contribution >= 4 is 5.91 Å². The summed E-state index contributed by atoms with van der Waals surface area (Å²) in [5.74, 6) is 1.34. The predicted octanol–water partition coefficient (Wildman–Crippen LogP) is 3.04. The van der Waals surface area contributed by atoms with Crippen LogP contribution in [0.5, 0.6) is 0 Å². The summed E-state index contributed by atoms with van der Waals surface area (Å²) in [7, 11) is 0. The van der Waals surface area contributed by atoms with Crippen molar-refractivity contribution < 1.29 is 18.5 Å². The molecule has 1 amide bonds. The summed E-state index contributed by atoms with van der Waals surface area (Å²) in [6.45, 7) is 3.76. The average molecular weight is 318 g/mol. The van der Waals surface area contributed by atoms with Crippen LogP contribution >= 0.6 is 0 Å². The number of rotatable bonds is 7. The maximum absolute atomic E-state index is 12.8. The van der Waals surface area contributed by atoms with Crippen molar-refractivity contribution in [3.8, 4) is 0 Å². The second-order valence-corrected chi connectivity index (χ2v) is 5.83. The number of aromatic nitrogens is 1. The lowest BCUT2D eigenvalue weighted by Crippen LogP contribution is -2.37. The fourth-order valence-corrected chi connectivity index (χ4v) is 2.78. The van der Waals surface area contributed by atoms with Crippen LogP contribution in [0, 0.1) is 0 Å². The standard InChI is InChI=1S/C17H22N2O4/c1-2-5-13-10-16(18-23-13)17(20)19(11-14-6-3-8-21-14)12-15-7-4-9-22-15/h3,6,8,10,15H,2,4-5,7,9,11-12H2,1H3. The Morgan fingerprint density at radius 3 is 3.04 bits per heavy atom. The lowest BCUT2D eigenvalue weighted by Gasteiger charge is -2.23. The van der Waals surface area contributed by atoms with Gasteiger partial charge in [0.15, 0.2) is 5.69 Å². The number of furan rings is 1. The molecule has 0 bridgehead atoms. The third kappa shape index (κ3) is 4.01. The number of ether oxygens (including phenoxy) is 1. The van der Waals surface area contributed by atoms with E-state index in [0.717, 1.165) is 43.8 Å². The van der Waals surface area contributed by atoms with Crippen molar-refractivity contribution in [2.45, 2.75) is 45.3 Å². The molecule has 0 aromatic carbocycles. The molecule has 1 saturated heterocycles. The van der Waals surface area contributed by atoms with Crippen LogP contribution in [-0.4, -0.2) is 35.2 Å². The Morgan fingerprint density at radius 1 is 1.43 bits per heavy atom. The second-order valence-electron chi connectivity index (χ2n) is 5.83. The van der Waals surface area contributed by atoms with Crippen molar-refractivity contribution in [2.24, 2.45) is 0 Å². The lowest BCUT2D eigenvalue weighted by molar-refractivity contribution is 0.0484. The summed E-state index contributed by atoms with van der Waals surface area (Å²) in [6, 6.07) is 5.41. The summed E-state index contributed by atoms with van der Waals surface area (Å²) >= 11 is 0. The number of hydrogen-bond acceptors (Lipinski definition) is 5. The Bertz CT molecular complexity index is 614. The van der Waals surface area contributed by atoms with Gasteiger partial charge >= 0.3 is 0 Å². The van der Waals surface area contributed by atoms with Gasteiger partial charge in [0, 0.05) is 25.6 Å². The zero-order valence-electron chi connectivity index (χ0n) is 13.4. The molecule has 3 rings (SSSR count). The summed E-state index contributed by atoms with van der Waals surface area (Å²) in [4.78, 5) is 14.5. The van der Waals surface area contributed by atoms with Crippen molar-refractivity contribution in [1.82, 2.24) is 10.1 Å². The fourth-order valence-electron chi connectivity index (χ4n) is 2.78. The van der Waals surface area contributed by atoms with E-state index in [1.54, 1.807) is 17.2 Å². The summed E-state index contributed by atoms with van der Waals surface area (Å²) in [6.07, 6.45) is 5.44. The molecule has 2 aromatic rings. The van der Waals surface area contributed by atoms with Gasteiger partial charge < -0.3 is 18.6 Å². The fraction of sp³-hybridized carbons (Fsp3) is 0.529. The highest BCUT2D eigenvalue weighted by Crippen LogP contribution is 2.18. The molecular weight excluding hydrogens is 296 g/mol. The van der Waals surface area contributed by atoms with Gasteiger partial charge in [0.2, 0.25) is 0 Å². The maximum Gasteiger partial charge on any atom is 0.276 e. The van der Waals surface area contributed by atoms with Gasteiger partial charge in [-0.1, -0.05) is 12.1 Å². The van der Waals surface area contributed by atoms with Gasteiger partial charge in [-0.2, -0.15) is 0 Å². The zero-order valence-corrected chi connectivity index (χ0v) is 13.4. The minimum absolute atomic E-state index is 0.0796. The van der Waals surface area contributed by atoms with Crippen LogP contribution in [-0.2, 0) is 17.7 Å². The van der Waals surface area contributed by atoms with Crippen LogP contribution in [0.1, 0.15) is 48.2 Å². The van der Waals surface area contributed by atoms with Crippen molar-refractivity contribution in [3.63, 3.8) is 0 Å². The number of carbonyl (C=O) groups excluding carboxylic acids is 1. The van der Waals surface area contributed by atoms with E-state index in [1.165, 1.54) is 0 Å². The quantitative estimate of drug-likeness (QED) is 0.785. The third-order valence-corrected chi connectivity index (χ3v) is 3.94. The summed E-state index contributed by atoms with van der Waals surface area (Å²) < 4.78 is 16.3. The summed E-state index contributed by atoms with van der Waals surface area (Å²) in [5, 5.41) is 3.92. The van der Waals surface area contributed by atoms with E-state index in [9.17, 15) is 4.79 Å². The first-order valence-electron chi connectivity index (χ1n) is 8.15. The number of hydrogen-bond donors (Lipinski definition) is 0. The van der Waals surface area contributed by atoms with E-state index in [2.05, 4.69) is 12.1 Å². The molecule has 1 aliphatic heterocycles. The molecule has 3 heterocycles. The first-order valence-corrected chi connectivity index (χ1v) is 8.15. The van der Waals surface area contributed by atoms with Gasteiger partial charge in [0.25, 0.3) is 5.91 Å². The summed E-state index contributed by atoms with van der Waals surface area (Å²) in [5.41, 5.74) is 0.345. The van der Waals surface area contributed by atoms with E-state index in [4.69, 9.17) is 13.7 Å². The minimum atomic E-state index is -0.150. The lowest BCUT2D eigenvalue weighted by atomic mass is 10.2. The Morgan fingerprint density at radius 2 is 2.35 bits per heavy atom. The molecule has 0 spiro atoms. The van der Waals surface area contributed by atoms with Crippen molar-refractivity contribution in [2.75, 3.05) is 13.2 Å². The smallest absolute Gasteiger partial charge is 0.276 e. The Hall–Kier alpha value is -2.08. The largest absolute Gasteiger partial charge is 0.467 e. The van der Waals surface area contributed by atoms with Gasteiger partial charge in [-0.15, -0.1) is 0 Å². The number of carbonyl (C=O) groups is 1. The normalized spacial score (nSPS) is 17.5. The van der Waals surface area contributed by atoms with E-state index in [1.807, 2.05) is 12.1 Å². The van der Waals surface area contributed by atoms with Gasteiger partial charge in [-0.3, -0.25) is 4.79 Å². The second kappa shape index (κ2) is 7.46. The van der Waals surface area contributed by atoms with Crippen LogP contribution in [0.2, 0.25) is 0 Å². The topological polar surface area (TPSA) is 68.7 Å². The number of nitrogens with zero attached hydrogens (tertiary/aromatic N) is 2. The molecule has 0 aliphatic carbocycles. The Kier molecular flexibility index (Phi) is 5.12. The van der Waals surface area contributed by atoms with Crippen molar-refractivity contribution in [1.29, 1.82) is 0 Å². The SMILES string of the molecule is CCCc1cc(C(=O)N(Cc2ccco2)CC2CCCO2)no1. The van der Waals surface area contributed by atoms with Crippen LogP contribution in [0.3, 0.4) is 0 Å². The molecular formula is C17H22N2O4. The number of amides is 1. The molecule has 0 saturated carbocycles. The Labute approximate surface area is 135 Å². The highest BCUT2D eigenvalue weighted by Gasteiger charge is 2.26. The van der Waals surface area contributed by atoms with E-state index in [-0.39, 0.29) is 12.0 Å². The third-order valence-electron chi connectivity index (χ3n) is 3.94. The van der Waals surface area contributed by atoms with Crippen LogP contribution < -0.4 is 0 Å². The molecule has 1 aliphatic rings. The number of aryl methyl sites for hydroxylation is 1. The highest BCUT2D eigenvalue weighted by molar-refractivity contribution is 5.92. The molecule has 23 heavy (non-hydrogen) atoms. The molecule has 0 N–H and O–H groups in total. The van der Waals surface area contributed by atoms with Gasteiger partial charge in [0.05, 0.1) is 18.9 Å². The first kappa shape index (κ1) is 15.8. The monoisotopic (exact) mass is 318 g/mol. The van der Waals surface area contributed by atoms with E-state index in [0.29, 0.717) is 18.8 Å². The molecule has 6 heteroatoms. The molecule has 2 aromatic heterocycles. The van der Waals surface area contributed by atoms with Gasteiger partial charge in [0.1, 0.15) is 11.5 Å². The maximum atomic E-state index is 12.8. The molecule has 1 fully saturated rings. The van der Waals surface area contributed by atoms with E-state index < -0.39 is 0 Å². The Balaban J connectivity index is 1.73. The van der Waals surface area contributed by atoms with Crippen molar-refractivity contribution in [3.05, 3.63) is 41.7 Å². The average Bonchev–Trinajstić information content (AvgIpc) is 3.29. The van der Waals surface area contributed by atoms with Crippen LogP contribution in [0.15, 0.2) is 33.4 Å². The molecule has 0 radical (unpaired) electrons. The molecule has 6 nitrogen and oxygen atoms in total.